The fourth-order valence-corrected chi connectivity index (χ4v) is 4.08. The number of rotatable bonds is 5. The zero-order valence-electron chi connectivity index (χ0n) is 12.3. The molecule has 21 heavy (non-hydrogen) atoms. The molecule has 2 rings (SSSR count). The summed E-state index contributed by atoms with van der Waals surface area (Å²) < 4.78 is 24.5. The average molecular weight is 310 g/mol. The Morgan fingerprint density at radius 2 is 2.14 bits per heavy atom. The molecular formula is C15H22N2O3S. The lowest BCUT2D eigenvalue weighted by Gasteiger charge is -2.24. The van der Waals surface area contributed by atoms with Crippen LogP contribution in [0.1, 0.15) is 36.5 Å². The van der Waals surface area contributed by atoms with Crippen LogP contribution in [0, 0.1) is 0 Å². The van der Waals surface area contributed by atoms with Crippen LogP contribution in [0.4, 0.5) is 0 Å². The highest BCUT2D eigenvalue weighted by molar-refractivity contribution is 7.91. The van der Waals surface area contributed by atoms with Crippen LogP contribution in [-0.2, 0) is 9.84 Å². The maximum Gasteiger partial charge on any atom is 0.252 e. The lowest BCUT2D eigenvalue weighted by Crippen LogP contribution is -2.45. The van der Waals surface area contributed by atoms with E-state index in [1.807, 2.05) is 6.92 Å². The summed E-state index contributed by atoms with van der Waals surface area (Å²) in [5.74, 6) is -0.249. The van der Waals surface area contributed by atoms with Gasteiger partial charge in [-0.2, -0.15) is 0 Å². The van der Waals surface area contributed by atoms with Crippen molar-refractivity contribution in [3.8, 4) is 0 Å². The van der Waals surface area contributed by atoms with E-state index in [9.17, 15) is 13.2 Å². The Morgan fingerprint density at radius 3 is 2.81 bits per heavy atom. The average Bonchev–Trinajstić information content (AvgIpc) is 2.48. The van der Waals surface area contributed by atoms with Crippen molar-refractivity contribution < 1.29 is 13.2 Å². The second-order valence-electron chi connectivity index (χ2n) is 5.33. The SMILES string of the molecule is CCCS(=O)(=O)c1ccccc1C(=O)NC1CCCNC1. The molecule has 0 aliphatic carbocycles. The van der Waals surface area contributed by atoms with Gasteiger partial charge in [0.25, 0.3) is 5.91 Å². The lowest BCUT2D eigenvalue weighted by molar-refractivity contribution is 0.0927. The van der Waals surface area contributed by atoms with Crippen molar-refractivity contribution >= 4 is 15.7 Å². The summed E-state index contributed by atoms with van der Waals surface area (Å²) in [6, 6.07) is 6.50. The highest BCUT2D eigenvalue weighted by Crippen LogP contribution is 2.18. The standard InChI is InChI=1S/C15H22N2O3S/c1-2-10-21(19,20)14-8-4-3-7-13(14)15(18)17-12-6-5-9-16-11-12/h3-4,7-8,12,16H,2,5-6,9-11H2,1H3,(H,17,18). The first-order valence-electron chi connectivity index (χ1n) is 7.38. The molecule has 1 fully saturated rings. The van der Waals surface area contributed by atoms with Crippen molar-refractivity contribution in [2.75, 3.05) is 18.8 Å². The van der Waals surface area contributed by atoms with Gasteiger partial charge in [-0.05, 0) is 37.9 Å². The molecule has 0 spiro atoms. The van der Waals surface area contributed by atoms with Crippen molar-refractivity contribution in [2.45, 2.75) is 37.1 Å². The third-order valence-electron chi connectivity index (χ3n) is 3.57. The van der Waals surface area contributed by atoms with Crippen LogP contribution in [0.15, 0.2) is 29.2 Å². The Hall–Kier alpha value is -1.40. The van der Waals surface area contributed by atoms with Crippen molar-refractivity contribution in [1.29, 1.82) is 0 Å². The molecule has 2 N–H and O–H groups in total. The first-order chi connectivity index (χ1) is 10.0. The molecule has 1 unspecified atom stereocenters. The summed E-state index contributed by atoms with van der Waals surface area (Å²) in [4.78, 5) is 12.5. The highest BCUT2D eigenvalue weighted by atomic mass is 32.2. The van der Waals surface area contributed by atoms with Gasteiger partial charge >= 0.3 is 0 Å². The predicted octanol–water partition coefficient (Wildman–Crippen LogP) is 1.35. The summed E-state index contributed by atoms with van der Waals surface area (Å²) >= 11 is 0. The Balaban J connectivity index is 2.21. The summed E-state index contributed by atoms with van der Waals surface area (Å²) in [6.45, 7) is 3.51. The third kappa shape index (κ3) is 4.04. The van der Waals surface area contributed by atoms with E-state index < -0.39 is 9.84 Å². The van der Waals surface area contributed by atoms with Crippen LogP contribution in [0.5, 0.6) is 0 Å². The molecule has 1 aromatic rings. The molecule has 0 saturated carbocycles. The number of hydrogen-bond donors (Lipinski definition) is 2. The smallest absolute Gasteiger partial charge is 0.252 e. The molecule has 0 bridgehead atoms. The number of sulfone groups is 1. The first kappa shape index (κ1) is 16.0. The van der Waals surface area contributed by atoms with E-state index in [2.05, 4.69) is 10.6 Å². The second kappa shape index (κ2) is 7.04. The molecule has 1 aliphatic rings. The fraction of sp³-hybridized carbons (Fsp3) is 0.533. The van der Waals surface area contributed by atoms with E-state index in [1.165, 1.54) is 6.07 Å². The Labute approximate surface area is 126 Å². The molecule has 1 aliphatic heterocycles. The molecule has 1 atom stereocenters. The lowest BCUT2D eigenvalue weighted by atomic mass is 10.1. The zero-order chi connectivity index (χ0) is 15.3. The first-order valence-corrected chi connectivity index (χ1v) is 9.03. The minimum atomic E-state index is -3.40. The van der Waals surface area contributed by atoms with Crippen molar-refractivity contribution in [2.24, 2.45) is 0 Å². The molecule has 0 radical (unpaired) electrons. The maximum atomic E-state index is 12.4. The van der Waals surface area contributed by atoms with Gasteiger partial charge in [0.15, 0.2) is 9.84 Å². The Kier molecular flexibility index (Phi) is 5.36. The molecule has 1 heterocycles. The van der Waals surface area contributed by atoms with Gasteiger partial charge in [-0.3, -0.25) is 4.79 Å². The number of piperidine rings is 1. The van der Waals surface area contributed by atoms with E-state index in [1.54, 1.807) is 18.2 Å². The van der Waals surface area contributed by atoms with Gasteiger partial charge in [0.2, 0.25) is 0 Å². The second-order valence-corrected chi connectivity index (χ2v) is 7.41. The molecule has 0 aromatic heterocycles. The fourth-order valence-electron chi connectivity index (χ4n) is 2.54. The van der Waals surface area contributed by atoms with Gasteiger partial charge in [-0.25, -0.2) is 8.42 Å². The van der Waals surface area contributed by atoms with E-state index in [0.29, 0.717) is 6.42 Å². The van der Waals surface area contributed by atoms with Gasteiger partial charge in [-0.1, -0.05) is 19.1 Å². The minimum absolute atomic E-state index is 0.0578. The Bertz CT molecular complexity index is 593. The summed E-state index contributed by atoms with van der Waals surface area (Å²) in [6.07, 6.45) is 2.47. The topological polar surface area (TPSA) is 75.3 Å². The summed E-state index contributed by atoms with van der Waals surface area (Å²) in [5, 5.41) is 6.15. The van der Waals surface area contributed by atoms with Crippen LogP contribution in [0.2, 0.25) is 0 Å². The summed E-state index contributed by atoms with van der Waals surface area (Å²) in [7, 11) is -3.40. The number of hydrogen-bond acceptors (Lipinski definition) is 4. The van der Waals surface area contributed by atoms with Crippen molar-refractivity contribution in [3.63, 3.8) is 0 Å². The minimum Gasteiger partial charge on any atom is -0.348 e. The highest BCUT2D eigenvalue weighted by Gasteiger charge is 2.23. The van der Waals surface area contributed by atoms with Gasteiger partial charge in [-0.15, -0.1) is 0 Å². The molecule has 5 nitrogen and oxygen atoms in total. The van der Waals surface area contributed by atoms with Gasteiger partial charge < -0.3 is 10.6 Å². The monoisotopic (exact) mass is 310 g/mol. The number of nitrogens with one attached hydrogen (secondary N) is 2. The molecule has 1 saturated heterocycles. The van der Waals surface area contributed by atoms with Gasteiger partial charge in [0.05, 0.1) is 16.2 Å². The molecular weight excluding hydrogens is 288 g/mol. The molecule has 1 amide bonds. The zero-order valence-corrected chi connectivity index (χ0v) is 13.1. The van der Waals surface area contributed by atoms with Gasteiger partial charge in [0.1, 0.15) is 0 Å². The number of amides is 1. The number of carbonyl (C=O) groups is 1. The van der Waals surface area contributed by atoms with Crippen LogP contribution in [0.25, 0.3) is 0 Å². The molecule has 6 heteroatoms. The maximum absolute atomic E-state index is 12.4. The summed E-state index contributed by atoms with van der Waals surface area (Å²) in [5.41, 5.74) is 0.247. The van der Waals surface area contributed by atoms with E-state index in [-0.39, 0.29) is 28.2 Å². The van der Waals surface area contributed by atoms with Crippen LogP contribution >= 0.6 is 0 Å². The quantitative estimate of drug-likeness (QED) is 0.861. The largest absolute Gasteiger partial charge is 0.348 e. The molecule has 116 valence electrons. The van der Waals surface area contributed by atoms with E-state index >= 15 is 0 Å². The van der Waals surface area contributed by atoms with Crippen LogP contribution in [0.3, 0.4) is 0 Å². The van der Waals surface area contributed by atoms with Crippen LogP contribution < -0.4 is 10.6 Å². The predicted molar refractivity (Wildman–Crippen MR) is 82.1 cm³/mol. The Morgan fingerprint density at radius 1 is 1.38 bits per heavy atom. The number of carbonyl (C=O) groups excluding carboxylic acids is 1. The number of benzene rings is 1. The van der Waals surface area contributed by atoms with Crippen LogP contribution in [-0.4, -0.2) is 39.2 Å². The van der Waals surface area contributed by atoms with E-state index in [4.69, 9.17) is 0 Å². The van der Waals surface area contributed by atoms with Crippen molar-refractivity contribution in [3.05, 3.63) is 29.8 Å². The molecule has 1 aromatic carbocycles. The van der Waals surface area contributed by atoms with Gasteiger partial charge in [0, 0.05) is 12.6 Å². The van der Waals surface area contributed by atoms with Crippen molar-refractivity contribution in [1.82, 2.24) is 10.6 Å². The normalized spacial score (nSPS) is 19.2. The third-order valence-corrected chi connectivity index (χ3v) is 5.54. The van der Waals surface area contributed by atoms with E-state index in [0.717, 1.165) is 25.9 Å².